The Hall–Kier alpha value is -2.82. The fraction of sp³-hybridized carbons (Fsp3) is 0.429. The van der Waals surface area contributed by atoms with E-state index in [-0.39, 0.29) is 24.3 Å². The summed E-state index contributed by atoms with van der Waals surface area (Å²) in [6.07, 6.45) is 9.17. The summed E-state index contributed by atoms with van der Waals surface area (Å²) in [4.78, 5) is 36.0. The normalized spacial score (nSPS) is 16.0. The van der Waals surface area contributed by atoms with Gasteiger partial charge in [-0.05, 0) is 24.5 Å². The molecule has 0 unspecified atom stereocenters. The van der Waals surface area contributed by atoms with E-state index in [1.165, 1.54) is 17.5 Å². The Morgan fingerprint density at radius 1 is 1.39 bits per heavy atom. The fourth-order valence-corrected chi connectivity index (χ4v) is 4.30. The highest BCUT2D eigenvalue weighted by Gasteiger charge is 2.26. The van der Waals surface area contributed by atoms with Gasteiger partial charge in [0.2, 0.25) is 5.91 Å². The molecule has 1 fully saturated rings. The van der Waals surface area contributed by atoms with E-state index >= 15 is 0 Å². The number of nitrogens with one attached hydrogen (secondary N) is 1. The third-order valence-electron chi connectivity index (χ3n) is 5.08. The Balaban J connectivity index is 1.41. The van der Waals surface area contributed by atoms with E-state index in [0.29, 0.717) is 36.3 Å². The average molecular weight is 444 g/mol. The van der Waals surface area contributed by atoms with Crippen LogP contribution in [0.4, 0.5) is 5.13 Å². The highest BCUT2D eigenvalue weighted by Crippen LogP contribution is 2.25. The first kappa shape index (κ1) is 21.4. The minimum Gasteiger partial charge on any atom is -0.384 e. The molecule has 0 spiro atoms. The first-order valence-corrected chi connectivity index (χ1v) is 11.0. The van der Waals surface area contributed by atoms with Crippen molar-refractivity contribution in [1.29, 1.82) is 0 Å². The zero-order chi connectivity index (χ0) is 21.6. The molecule has 9 nitrogen and oxygen atoms in total. The van der Waals surface area contributed by atoms with Crippen molar-refractivity contribution in [3.63, 3.8) is 0 Å². The van der Waals surface area contributed by atoms with Crippen LogP contribution in [-0.4, -0.2) is 59.2 Å². The summed E-state index contributed by atoms with van der Waals surface area (Å²) in [5.41, 5.74) is 1.81. The quantitative estimate of drug-likeness (QED) is 0.545. The van der Waals surface area contributed by atoms with Gasteiger partial charge in [0.15, 0.2) is 5.13 Å². The van der Waals surface area contributed by atoms with Crippen LogP contribution in [-0.2, 0) is 20.8 Å². The smallest absolute Gasteiger partial charge is 0.263 e. The number of fused-ring (bicyclic) bond motifs is 1. The van der Waals surface area contributed by atoms with Crippen molar-refractivity contribution in [2.45, 2.75) is 31.9 Å². The molecule has 1 atom stereocenters. The number of anilines is 1. The summed E-state index contributed by atoms with van der Waals surface area (Å²) in [5.74, 6) is -0.317. The maximum Gasteiger partial charge on any atom is 0.263 e. The number of rotatable bonds is 9. The molecule has 4 rings (SSSR count). The third kappa shape index (κ3) is 5.27. The Morgan fingerprint density at radius 2 is 2.29 bits per heavy atom. The number of imidazole rings is 1. The molecule has 0 saturated carbocycles. The van der Waals surface area contributed by atoms with Gasteiger partial charge in [0.1, 0.15) is 10.5 Å². The lowest BCUT2D eigenvalue weighted by Gasteiger charge is -2.23. The molecule has 164 valence electrons. The summed E-state index contributed by atoms with van der Waals surface area (Å²) >= 11 is 1.20. The van der Waals surface area contributed by atoms with Crippen molar-refractivity contribution in [1.82, 2.24) is 19.7 Å². The van der Waals surface area contributed by atoms with Crippen LogP contribution in [0.3, 0.4) is 0 Å². The van der Waals surface area contributed by atoms with Gasteiger partial charge in [-0.1, -0.05) is 17.4 Å². The molecule has 1 saturated heterocycles. The lowest BCUT2D eigenvalue weighted by Crippen LogP contribution is -2.37. The number of pyridine rings is 1. The summed E-state index contributed by atoms with van der Waals surface area (Å²) in [7, 11) is 1.56. The van der Waals surface area contributed by atoms with Gasteiger partial charge in [-0.25, -0.2) is 9.97 Å². The molecule has 10 heteroatoms. The van der Waals surface area contributed by atoms with Crippen LogP contribution in [0, 0.1) is 0 Å². The second-order valence-corrected chi connectivity index (χ2v) is 8.31. The predicted molar refractivity (Wildman–Crippen MR) is 116 cm³/mol. The van der Waals surface area contributed by atoms with Crippen LogP contribution in [0.2, 0.25) is 0 Å². The van der Waals surface area contributed by atoms with E-state index in [2.05, 4.69) is 15.3 Å². The number of nitrogens with zero attached hydrogens (tertiary/aromatic N) is 4. The van der Waals surface area contributed by atoms with Gasteiger partial charge in [0.25, 0.3) is 5.91 Å². The zero-order valence-electron chi connectivity index (χ0n) is 17.3. The molecule has 3 aromatic rings. The highest BCUT2D eigenvalue weighted by molar-refractivity contribution is 7.17. The van der Waals surface area contributed by atoms with E-state index < -0.39 is 0 Å². The SMILES string of the molecule is COCCC(=O)N(C[C@H]1CCCO1)c1ncc(C(=O)NCc2ccc3nccn3c2)s1. The number of thiazole rings is 1. The van der Waals surface area contributed by atoms with Gasteiger partial charge in [-0.3, -0.25) is 14.5 Å². The average Bonchev–Trinajstić information content (AvgIpc) is 3.55. The van der Waals surface area contributed by atoms with Crippen molar-refractivity contribution in [3.8, 4) is 0 Å². The third-order valence-corrected chi connectivity index (χ3v) is 6.10. The van der Waals surface area contributed by atoms with E-state index in [9.17, 15) is 9.59 Å². The maximum absolute atomic E-state index is 12.7. The molecule has 1 N–H and O–H groups in total. The van der Waals surface area contributed by atoms with Crippen molar-refractivity contribution in [3.05, 3.63) is 47.4 Å². The monoisotopic (exact) mass is 443 g/mol. The Bertz CT molecular complexity index is 1040. The number of amides is 2. The highest BCUT2D eigenvalue weighted by atomic mass is 32.1. The van der Waals surface area contributed by atoms with E-state index in [1.807, 2.05) is 28.9 Å². The van der Waals surface area contributed by atoms with Crippen LogP contribution in [0.1, 0.15) is 34.5 Å². The predicted octanol–water partition coefficient (Wildman–Crippen LogP) is 2.27. The first-order chi connectivity index (χ1) is 15.1. The summed E-state index contributed by atoms with van der Waals surface area (Å²) in [6.45, 7) is 1.86. The topological polar surface area (TPSA) is 98.1 Å². The van der Waals surface area contributed by atoms with Gasteiger partial charge in [0, 0.05) is 38.9 Å². The number of carbonyl (C=O) groups excluding carboxylic acids is 2. The largest absolute Gasteiger partial charge is 0.384 e. The molecular weight excluding hydrogens is 418 g/mol. The van der Waals surface area contributed by atoms with E-state index in [4.69, 9.17) is 9.47 Å². The Morgan fingerprint density at radius 3 is 3.10 bits per heavy atom. The standard InChI is InChI=1S/C21H25N5O4S/c1-29-10-6-19(27)26(14-16-3-2-9-30-16)21-24-12-17(31-21)20(28)23-11-15-4-5-18-22-7-8-25(18)13-15/h4-5,7-8,12-13,16H,2-3,6,9-11,14H2,1H3,(H,23,28)/t16-/m1/s1. The second kappa shape index (κ2) is 9.99. The second-order valence-electron chi connectivity index (χ2n) is 7.30. The van der Waals surface area contributed by atoms with Crippen LogP contribution in [0.15, 0.2) is 36.9 Å². The lowest BCUT2D eigenvalue weighted by atomic mass is 10.2. The number of aromatic nitrogens is 3. The molecule has 31 heavy (non-hydrogen) atoms. The lowest BCUT2D eigenvalue weighted by molar-refractivity contribution is -0.119. The number of methoxy groups -OCH3 is 1. The Kier molecular flexibility index (Phi) is 6.90. The minimum atomic E-state index is -0.226. The van der Waals surface area contributed by atoms with Crippen molar-refractivity contribution < 1.29 is 19.1 Å². The maximum atomic E-state index is 12.7. The molecule has 0 bridgehead atoms. The minimum absolute atomic E-state index is 0.00855. The Labute approximate surface area is 184 Å². The van der Waals surface area contributed by atoms with Crippen molar-refractivity contribution in [2.24, 2.45) is 0 Å². The summed E-state index contributed by atoms with van der Waals surface area (Å²) in [5, 5.41) is 3.41. The van der Waals surface area contributed by atoms with Gasteiger partial charge >= 0.3 is 0 Å². The molecule has 4 heterocycles. The van der Waals surface area contributed by atoms with Gasteiger partial charge in [0.05, 0.1) is 31.9 Å². The summed E-state index contributed by atoms with van der Waals surface area (Å²) < 4.78 is 12.6. The van der Waals surface area contributed by atoms with Crippen LogP contribution < -0.4 is 10.2 Å². The molecule has 1 aliphatic rings. The van der Waals surface area contributed by atoms with Crippen molar-refractivity contribution >= 4 is 33.9 Å². The van der Waals surface area contributed by atoms with Crippen molar-refractivity contribution in [2.75, 3.05) is 31.8 Å². The molecule has 0 aliphatic carbocycles. The van der Waals surface area contributed by atoms with Crippen LogP contribution >= 0.6 is 11.3 Å². The molecule has 2 amide bonds. The first-order valence-electron chi connectivity index (χ1n) is 10.2. The summed E-state index contributed by atoms with van der Waals surface area (Å²) in [6, 6.07) is 3.83. The van der Waals surface area contributed by atoms with E-state index in [1.54, 1.807) is 18.2 Å². The van der Waals surface area contributed by atoms with Crippen LogP contribution in [0.5, 0.6) is 0 Å². The molecule has 0 aromatic carbocycles. The van der Waals surface area contributed by atoms with Gasteiger partial charge in [-0.2, -0.15) is 0 Å². The van der Waals surface area contributed by atoms with Gasteiger partial charge < -0.3 is 19.2 Å². The number of hydrogen-bond acceptors (Lipinski definition) is 7. The number of carbonyl (C=O) groups is 2. The molecule has 3 aromatic heterocycles. The molecule has 1 aliphatic heterocycles. The van der Waals surface area contributed by atoms with Crippen LogP contribution in [0.25, 0.3) is 5.65 Å². The number of hydrogen-bond donors (Lipinski definition) is 1. The van der Waals surface area contributed by atoms with E-state index in [0.717, 1.165) is 24.1 Å². The zero-order valence-corrected chi connectivity index (χ0v) is 18.1. The molecule has 0 radical (unpaired) electrons. The number of ether oxygens (including phenoxy) is 2. The fourth-order valence-electron chi connectivity index (χ4n) is 3.44. The van der Waals surface area contributed by atoms with Gasteiger partial charge in [-0.15, -0.1) is 0 Å². The molecular formula is C21H25N5O4S.